The van der Waals surface area contributed by atoms with Crippen LogP contribution in [0.4, 0.5) is 13.2 Å². The topological polar surface area (TPSA) is 66.0 Å². The summed E-state index contributed by atoms with van der Waals surface area (Å²) in [6, 6.07) is 13.2. The highest BCUT2D eigenvalue weighted by Gasteiger charge is 2.32. The SMILES string of the molecule is FC(F)(F)c1ccccc1/C=C/c1nc(COc2ccc(CCCCn3ccnn3)cc2)co1. The number of oxazole rings is 1. The maximum absolute atomic E-state index is 13.1. The van der Waals surface area contributed by atoms with Crippen LogP contribution in [0.1, 0.15) is 41.1 Å². The third kappa shape index (κ3) is 6.57. The number of aryl methyl sites for hydroxylation is 2. The van der Waals surface area contributed by atoms with Crippen molar-refractivity contribution in [1.82, 2.24) is 20.0 Å². The Balaban J connectivity index is 1.25. The molecule has 0 aliphatic rings. The van der Waals surface area contributed by atoms with Gasteiger partial charge in [-0.25, -0.2) is 4.98 Å². The molecule has 34 heavy (non-hydrogen) atoms. The summed E-state index contributed by atoms with van der Waals surface area (Å²) in [6.45, 7) is 1.04. The average Bonchev–Trinajstić information content (AvgIpc) is 3.52. The fourth-order valence-corrected chi connectivity index (χ4v) is 3.39. The van der Waals surface area contributed by atoms with Crippen LogP contribution in [0, 0.1) is 0 Å². The van der Waals surface area contributed by atoms with Crippen molar-refractivity contribution in [2.24, 2.45) is 0 Å². The average molecular weight is 468 g/mol. The molecule has 2 aromatic heterocycles. The predicted octanol–water partition coefficient (Wildman–Crippen LogP) is 6.06. The minimum Gasteiger partial charge on any atom is -0.487 e. The molecule has 0 N–H and O–H groups in total. The highest BCUT2D eigenvalue weighted by atomic mass is 19.4. The summed E-state index contributed by atoms with van der Waals surface area (Å²) in [5, 5.41) is 7.74. The van der Waals surface area contributed by atoms with Crippen LogP contribution in [0.3, 0.4) is 0 Å². The molecule has 0 spiro atoms. The van der Waals surface area contributed by atoms with Gasteiger partial charge in [-0.05, 0) is 54.7 Å². The monoisotopic (exact) mass is 468 g/mol. The molecule has 176 valence electrons. The lowest BCUT2D eigenvalue weighted by atomic mass is 10.1. The van der Waals surface area contributed by atoms with E-state index in [1.807, 2.05) is 35.1 Å². The lowest BCUT2D eigenvalue weighted by molar-refractivity contribution is -0.137. The van der Waals surface area contributed by atoms with Gasteiger partial charge in [0, 0.05) is 18.8 Å². The fourth-order valence-electron chi connectivity index (χ4n) is 3.39. The Bertz CT molecular complexity index is 1200. The molecule has 4 aromatic rings. The molecule has 0 radical (unpaired) electrons. The van der Waals surface area contributed by atoms with E-state index < -0.39 is 11.7 Å². The summed E-state index contributed by atoms with van der Waals surface area (Å²) in [4.78, 5) is 4.25. The number of nitrogens with zero attached hydrogens (tertiary/aromatic N) is 4. The van der Waals surface area contributed by atoms with E-state index in [4.69, 9.17) is 9.15 Å². The van der Waals surface area contributed by atoms with Crippen molar-refractivity contribution in [3.8, 4) is 5.75 Å². The minimum absolute atomic E-state index is 0.0458. The Labute approximate surface area is 194 Å². The molecule has 0 aliphatic heterocycles. The quantitative estimate of drug-likeness (QED) is 0.265. The summed E-state index contributed by atoms with van der Waals surface area (Å²) < 4.78 is 52.2. The second kappa shape index (κ2) is 10.8. The van der Waals surface area contributed by atoms with Crippen LogP contribution >= 0.6 is 0 Å². The third-order valence-corrected chi connectivity index (χ3v) is 5.13. The van der Waals surface area contributed by atoms with E-state index in [-0.39, 0.29) is 18.1 Å². The molecule has 0 saturated carbocycles. The molecule has 4 rings (SSSR count). The Hall–Kier alpha value is -3.88. The number of alkyl halides is 3. The normalized spacial score (nSPS) is 11.9. The largest absolute Gasteiger partial charge is 0.487 e. The molecule has 0 aliphatic carbocycles. The molecule has 6 nitrogen and oxygen atoms in total. The van der Waals surface area contributed by atoms with Crippen molar-refractivity contribution in [3.63, 3.8) is 0 Å². The number of ether oxygens (including phenoxy) is 1. The lowest BCUT2D eigenvalue weighted by Crippen LogP contribution is -2.06. The van der Waals surface area contributed by atoms with Crippen LogP contribution in [0.25, 0.3) is 12.2 Å². The molecule has 2 aromatic carbocycles. The van der Waals surface area contributed by atoms with Gasteiger partial charge in [0.25, 0.3) is 0 Å². The Morgan fingerprint density at radius 2 is 1.82 bits per heavy atom. The lowest BCUT2D eigenvalue weighted by Gasteiger charge is -2.09. The van der Waals surface area contributed by atoms with E-state index in [1.54, 1.807) is 12.3 Å². The number of halogens is 3. The molecule has 0 saturated heterocycles. The number of benzene rings is 2. The fraction of sp³-hybridized carbons (Fsp3) is 0.240. The Kier molecular flexibility index (Phi) is 7.41. The first-order valence-electron chi connectivity index (χ1n) is 10.8. The smallest absolute Gasteiger partial charge is 0.416 e. The van der Waals surface area contributed by atoms with Gasteiger partial charge < -0.3 is 9.15 Å². The number of aromatic nitrogens is 4. The minimum atomic E-state index is -4.43. The molecule has 0 amide bonds. The molecule has 9 heteroatoms. The predicted molar refractivity (Wildman–Crippen MR) is 121 cm³/mol. The van der Waals surface area contributed by atoms with Gasteiger partial charge >= 0.3 is 6.18 Å². The van der Waals surface area contributed by atoms with Gasteiger partial charge in [-0.3, -0.25) is 4.68 Å². The first-order valence-corrected chi connectivity index (χ1v) is 10.8. The van der Waals surface area contributed by atoms with Crippen molar-refractivity contribution in [1.29, 1.82) is 0 Å². The van der Waals surface area contributed by atoms with Crippen LogP contribution in [-0.4, -0.2) is 20.0 Å². The van der Waals surface area contributed by atoms with Crippen molar-refractivity contribution in [2.45, 2.75) is 38.6 Å². The second-order valence-electron chi connectivity index (χ2n) is 7.65. The Morgan fingerprint density at radius 1 is 1.00 bits per heavy atom. The van der Waals surface area contributed by atoms with Crippen molar-refractivity contribution in [3.05, 3.63) is 95.5 Å². The summed E-state index contributed by atoms with van der Waals surface area (Å²) in [6.07, 6.45) is 6.30. The maximum atomic E-state index is 13.1. The van der Waals surface area contributed by atoms with E-state index >= 15 is 0 Å². The summed E-state index contributed by atoms with van der Waals surface area (Å²) in [7, 11) is 0. The van der Waals surface area contributed by atoms with Gasteiger partial charge in [0.1, 0.15) is 24.3 Å². The van der Waals surface area contributed by atoms with E-state index in [9.17, 15) is 13.2 Å². The zero-order valence-electron chi connectivity index (χ0n) is 18.3. The van der Waals surface area contributed by atoms with Crippen LogP contribution in [0.5, 0.6) is 5.75 Å². The molecule has 2 heterocycles. The van der Waals surface area contributed by atoms with E-state index in [0.717, 1.165) is 31.9 Å². The van der Waals surface area contributed by atoms with Gasteiger partial charge in [-0.1, -0.05) is 35.5 Å². The summed E-state index contributed by atoms with van der Waals surface area (Å²) in [5.41, 5.74) is 1.10. The molecule has 0 bridgehead atoms. The second-order valence-corrected chi connectivity index (χ2v) is 7.65. The first kappa shape index (κ1) is 23.3. The molecule has 0 atom stereocenters. The molecular weight excluding hydrogens is 445 g/mol. The van der Waals surface area contributed by atoms with Crippen LogP contribution < -0.4 is 4.74 Å². The van der Waals surface area contributed by atoms with Gasteiger partial charge in [0.15, 0.2) is 0 Å². The number of hydrogen-bond donors (Lipinski definition) is 0. The third-order valence-electron chi connectivity index (χ3n) is 5.13. The summed E-state index contributed by atoms with van der Waals surface area (Å²) in [5.74, 6) is 0.905. The molecule has 0 fully saturated rings. The zero-order valence-corrected chi connectivity index (χ0v) is 18.3. The van der Waals surface area contributed by atoms with Crippen LogP contribution in [-0.2, 0) is 25.7 Å². The van der Waals surface area contributed by atoms with E-state index in [1.165, 1.54) is 36.1 Å². The van der Waals surface area contributed by atoms with Crippen molar-refractivity contribution < 1.29 is 22.3 Å². The van der Waals surface area contributed by atoms with Crippen LogP contribution in [0.2, 0.25) is 0 Å². The highest BCUT2D eigenvalue weighted by Crippen LogP contribution is 2.32. The Morgan fingerprint density at radius 3 is 2.59 bits per heavy atom. The van der Waals surface area contributed by atoms with Gasteiger partial charge in [-0.2, -0.15) is 13.2 Å². The van der Waals surface area contributed by atoms with E-state index in [2.05, 4.69) is 15.3 Å². The van der Waals surface area contributed by atoms with Crippen molar-refractivity contribution >= 4 is 12.2 Å². The van der Waals surface area contributed by atoms with Crippen LogP contribution in [0.15, 0.2) is 71.6 Å². The number of rotatable bonds is 10. The van der Waals surface area contributed by atoms with E-state index in [0.29, 0.717) is 11.4 Å². The molecular formula is C25H23F3N4O2. The highest BCUT2D eigenvalue weighted by molar-refractivity contribution is 5.68. The summed E-state index contributed by atoms with van der Waals surface area (Å²) >= 11 is 0. The maximum Gasteiger partial charge on any atom is 0.416 e. The first-order chi connectivity index (χ1) is 16.5. The number of unbranched alkanes of at least 4 members (excludes halogenated alkanes) is 1. The van der Waals surface area contributed by atoms with Gasteiger partial charge in [0.05, 0.1) is 11.8 Å². The standard InChI is InChI=1S/C25H23F3N4O2/c26-25(27,28)23-7-2-1-6-20(23)10-13-24-30-21(18-34-24)17-33-22-11-8-19(9-12-22)5-3-4-15-32-16-14-29-31-32/h1-2,6-14,16,18H,3-5,15,17H2/b13-10+. The number of hydrogen-bond acceptors (Lipinski definition) is 5. The van der Waals surface area contributed by atoms with Gasteiger partial charge in [0.2, 0.25) is 5.89 Å². The molecule has 0 unspecified atom stereocenters. The zero-order chi connectivity index (χ0) is 23.8. The van der Waals surface area contributed by atoms with Gasteiger partial charge in [-0.15, -0.1) is 5.10 Å². The van der Waals surface area contributed by atoms with Crippen molar-refractivity contribution in [2.75, 3.05) is 0 Å².